The third-order valence-electron chi connectivity index (χ3n) is 2.10. The van der Waals surface area contributed by atoms with Crippen molar-refractivity contribution in [2.45, 2.75) is 13.0 Å². The highest BCUT2D eigenvalue weighted by Crippen LogP contribution is 2.26. The number of para-hydroxylation sites is 1. The van der Waals surface area contributed by atoms with Gasteiger partial charge in [-0.2, -0.15) is 0 Å². The first-order chi connectivity index (χ1) is 6.57. The van der Waals surface area contributed by atoms with E-state index in [1.54, 1.807) is 25.1 Å². The van der Waals surface area contributed by atoms with E-state index in [0.29, 0.717) is 11.1 Å². The topological polar surface area (TPSA) is 95.2 Å². The smallest absolute Gasteiger partial charge is 0.277 e. The van der Waals surface area contributed by atoms with Crippen LogP contribution in [0.15, 0.2) is 18.2 Å². The second-order valence-electron chi connectivity index (χ2n) is 3.11. The Labute approximate surface area is 81.9 Å². The van der Waals surface area contributed by atoms with E-state index < -0.39 is 11.0 Å². The molecule has 0 saturated heterocycles. The van der Waals surface area contributed by atoms with E-state index in [4.69, 9.17) is 11.5 Å². The molecular weight excluding hydrogens is 182 g/mol. The Morgan fingerprint density at radius 3 is 2.71 bits per heavy atom. The summed E-state index contributed by atoms with van der Waals surface area (Å²) in [5.74, 6) is 0. The van der Waals surface area contributed by atoms with Crippen LogP contribution in [-0.4, -0.2) is 11.5 Å². The summed E-state index contributed by atoms with van der Waals surface area (Å²) in [7, 11) is 0. The second kappa shape index (κ2) is 4.17. The molecule has 1 aromatic rings. The molecule has 0 fully saturated rings. The molecule has 14 heavy (non-hydrogen) atoms. The van der Waals surface area contributed by atoms with E-state index in [2.05, 4.69) is 0 Å². The lowest BCUT2D eigenvalue weighted by Gasteiger charge is -2.10. The van der Waals surface area contributed by atoms with Gasteiger partial charge in [0.1, 0.15) is 0 Å². The van der Waals surface area contributed by atoms with Crippen LogP contribution in [-0.2, 0) is 0 Å². The van der Waals surface area contributed by atoms with Crippen molar-refractivity contribution in [3.63, 3.8) is 0 Å². The molecule has 0 radical (unpaired) electrons. The Morgan fingerprint density at radius 1 is 1.57 bits per heavy atom. The summed E-state index contributed by atoms with van der Waals surface area (Å²) in [5.41, 5.74) is 12.2. The Hall–Kier alpha value is -1.46. The summed E-state index contributed by atoms with van der Waals surface area (Å²) in [5, 5.41) is 10.8. The fraction of sp³-hybridized carbons (Fsp3) is 0.333. The molecule has 5 nitrogen and oxygen atoms in total. The van der Waals surface area contributed by atoms with Crippen LogP contribution in [0.3, 0.4) is 0 Å². The number of nitro groups is 1. The first-order valence-corrected chi connectivity index (χ1v) is 4.27. The van der Waals surface area contributed by atoms with Crippen LogP contribution in [0.5, 0.6) is 0 Å². The van der Waals surface area contributed by atoms with Gasteiger partial charge >= 0.3 is 0 Å². The lowest BCUT2D eigenvalue weighted by molar-refractivity contribution is -0.386. The van der Waals surface area contributed by atoms with Crippen LogP contribution in [0.1, 0.15) is 17.2 Å². The highest BCUT2D eigenvalue weighted by molar-refractivity contribution is 5.48. The molecule has 0 saturated carbocycles. The summed E-state index contributed by atoms with van der Waals surface area (Å²) in [6.45, 7) is 1.88. The first-order valence-electron chi connectivity index (χ1n) is 4.27. The number of nitrogens with zero attached hydrogens (tertiary/aromatic N) is 1. The molecule has 5 heteroatoms. The predicted molar refractivity (Wildman–Crippen MR) is 53.8 cm³/mol. The van der Waals surface area contributed by atoms with E-state index in [1.165, 1.54) is 0 Å². The summed E-state index contributed by atoms with van der Waals surface area (Å²) >= 11 is 0. The Bertz CT molecular complexity index is 352. The predicted octanol–water partition coefficient (Wildman–Crippen LogP) is 0.862. The molecule has 0 aliphatic carbocycles. The average Bonchev–Trinajstić information content (AvgIpc) is 2.15. The molecule has 0 amide bonds. The van der Waals surface area contributed by atoms with Crippen molar-refractivity contribution in [2.24, 2.45) is 11.5 Å². The number of nitro benzene ring substituents is 1. The second-order valence-corrected chi connectivity index (χ2v) is 3.11. The van der Waals surface area contributed by atoms with Gasteiger partial charge in [0.25, 0.3) is 5.69 Å². The Balaban J connectivity index is 3.28. The van der Waals surface area contributed by atoms with Crippen LogP contribution in [0.4, 0.5) is 5.69 Å². The van der Waals surface area contributed by atoms with Crippen molar-refractivity contribution in [3.8, 4) is 0 Å². The third-order valence-corrected chi connectivity index (χ3v) is 2.10. The number of benzene rings is 1. The molecule has 4 N–H and O–H groups in total. The van der Waals surface area contributed by atoms with Crippen molar-refractivity contribution >= 4 is 5.69 Å². The largest absolute Gasteiger partial charge is 0.329 e. The molecule has 76 valence electrons. The van der Waals surface area contributed by atoms with Gasteiger partial charge in [-0.05, 0) is 6.92 Å². The minimum absolute atomic E-state index is 0.0745. The van der Waals surface area contributed by atoms with Crippen molar-refractivity contribution in [3.05, 3.63) is 39.4 Å². The number of hydrogen-bond donors (Lipinski definition) is 2. The van der Waals surface area contributed by atoms with Gasteiger partial charge in [0.05, 0.1) is 4.92 Å². The maximum absolute atomic E-state index is 10.8. The highest BCUT2D eigenvalue weighted by atomic mass is 16.6. The molecule has 0 bridgehead atoms. The van der Waals surface area contributed by atoms with Gasteiger partial charge < -0.3 is 11.5 Å². The van der Waals surface area contributed by atoms with Crippen LogP contribution in [0, 0.1) is 17.0 Å². The Morgan fingerprint density at radius 2 is 2.21 bits per heavy atom. The third kappa shape index (κ3) is 1.89. The van der Waals surface area contributed by atoms with Crippen LogP contribution < -0.4 is 11.5 Å². The van der Waals surface area contributed by atoms with Gasteiger partial charge in [-0.15, -0.1) is 0 Å². The fourth-order valence-electron chi connectivity index (χ4n) is 1.36. The van der Waals surface area contributed by atoms with E-state index >= 15 is 0 Å². The monoisotopic (exact) mass is 195 g/mol. The van der Waals surface area contributed by atoms with Crippen molar-refractivity contribution in [1.29, 1.82) is 0 Å². The molecule has 0 aliphatic rings. The standard InChI is InChI=1S/C9H13N3O2/c1-6-3-2-4-7(8(11)5-10)9(6)12(13)14/h2-4,8H,5,10-11H2,1H3/t8-/m0/s1. The van der Waals surface area contributed by atoms with Gasteiger partial charge in [0.2, 0.25) is 0 Å². The summed E-state index contributed by atoms with van der Waals surface area (Å²) in [4.78, 5) is 10.4. The van der Waals surface area contributed by atoms with Crippen molar-refractivity contribution in [1.82, 2.24) is 0 Å². The van der Waals surface area contributed by atoms with E-state index in [-0.39, 0.29) is 12.2 Å². The normalized spacial score (nSPS) is 12.5. The minimum Gasteiger partial charge on any atom is -0.329 e. The molecule has 1 atom stereocenters. The van der Waals surface area contributed by atoms with E-state index in [1.807, 2.05) is 0 Å². The molecule has 0 aromatic heterocycles. The molecular formula is C9H13N3O2. The maximum Gasteiger partial charge on any atom is 0.277 e. The number of aryl methyl sites for hydroxylation is 1. The van der Waals surface area contributed by atoms with Gasteiger partial charge in [0.15, 0.2) is 0 Å². The Kier molecular flexibility index (Phi) is 3.16. The van der Waals surface area contributed by atoms with Crippen LogP contribution in [0.25, 0.3) is 0 Å². The zero-order chi connectivity index (χ0) is 10.7. The average molecular weight is 195 g/mol. The SMILES string of the molecule is Cc1cccc([C@@H](N)CN)c1[N+](=O)[O-]. The first kappa shape index (κ1) is 10.6. The van der Waals surface area contributed by atoms with Crippen LogP contribution >= 0.6 is 0 Å². The van der Waals surface area contributed by atoms with E-state index in [0.717, 1.165) is 0 Å². The summed E-state index contributed by atoms with van der Waals surface area (Å²) in [6, 6.07) is 4.59. The quantitative estimate of drug-likeness (QED) is 0.552. The molecule has 0 heterocycles. The van der Waals surface area contributed by atoms with Crippen molar-refractivity contribution in [2.75, 3.05) is 6.54 Å². The van der Waals surface area contributed by atoms with Gasteiger partial charge in [0, 0.05) is 23.7 Å². The highest BCUT2D eigenvalue weighted by Gasteiger charge is 2.20. The van der Waals surface area contributed by atoms with Crippen LogP contribution in [0.2, 0.25) is 0 Å². The van der Waals surface area contributed by atoms with Gasteiger partial charge in [-0.1, -0.05) is 18.2 Å². The lowest BCUT2D eigenvalue weighted by Crippen LogP contribution is -2.22. The zero-order valence-corrected chi connectivity index (χ0v) is 7.93. The molecule has 0 spiro atoms. The zero-order valence-electron chi connectivity index (χ0n) is 7.93. The molecule has 1 rings (SSSR count). The summed E-state index contributed by atoms with van der Waals surface area (Å²) in [6.07, 6.45) is 0. The number of hydrogen-bond acceptors (Lipinski definition) is 4. The lowest BCUT2D eigenvalue weighted by atomic mass is 10.0. The van der Waals surface area contributed by atoms with E-state index in [9.17, 15) is 10.1 Å². The molecule has 0 aliphatic heterocycles. The minimum atomic E-state index is -0.477. The fourth-order valence-corrected chi connectivity index (χ4v) is 1.36. The number of nitrogens with two attached hydrogens (primary N) is 2. The summed E-state index contributed by atoms with van der Waals surface area (Å²) < 4.78 is 0. The maximum atomic E-state index is 10.8. The van der Waals surface area contributed by atoms with Crippen molar-refractivity contribution < 1.29 is 4.92 Å². The van der Waals surface area contributed by atoms with Gasteiger partial charge in [-0.3, -0.25) is 10.1 Å². The molecule has 0 unspecified atom stereocenters. The molecule has 1 aromatic carbocycles. The van der Waals surface area contributed by atoms with Gasteiger partial charge in [-0.25, -0.2) is 0 Å². The number of rotatable bonds is 3.